The van der Waals surface area contributed by atoms with Gasteiger partial charge in [-0.3, -0.25) is 0 Å². The van der Waals surface area contributed by atoms with Gasteiger partial charge >= 0.3 is 0 Å². The standard InChI is InChI=1S/C15H21FN2/c1-10(2)18-9-12(7-11(3)17-4)14-8-13(16)5-6-15(14)18/h5-6,8-11,17H,7H2,1-4H3. The van der Waals surface area contributed by atoms with Gasteiger partial charge in [0.2, 0.25) is 0 Å². The molecule has 1 unspecified atom stereocenters. The lowest BCUT2D eigenvalue weighted by Gasteiger charge is -2.09. The SMILES string of the molecule is CNC(C)Cc1cn(C(C)C)c2ccc(F)cc12. The molecule has 0 aliphatic heterocycles. The van der Waals surface area contributed by atoms with E-state index in [2.05, 4.69) is 36.9 Å². The zero-order valence-corrected chi connectivity index (χ0v) is 11.5. The second-order valence-corrected chi connectivity index (χ2v) is 5.21. The van der Waals surface area contributed by atoms with Gasteiger partial charge in [0.1, 0.15) is 5.82 Å². The molecule has 18 heavy (non-hydrogen) atoms. The molecule has 0 aliphatic carbocycles. The molecule has 3 heteroatoms. The predicted octanol–water partition coefficient (Wildman–Crippen LogP) is 3.51. The van der Waals surface area contributed by atoms with E-state index in [-0.39, 0.29) is 5.82 Å². The third kappa shape index (κ3) is 2.41. The summed E-state index contributed by atoms with van der Waals surface area (Å²) < 4.78 is 15.6. The monoisotopic (exact) mass is 248 g/mol. The largest absolute Gasteiger partial charge is 0.345 e. The van der Waals surface area contributed by atoms with E-state index in [0.29, 0.717) is 12.1 Å². The molecule has 2 nitrogen and oxygen atoms in total. The van der Waals surface area contributed by atoms with Crippen LogP contribution in [0.15, 0.2) is 24.4 Å². The van der Waals surface area contributed by atoms with E-state index < -0.39 is 0 Å². The molecule has 2 aromatic rings. The van der Waals surface area contributed by atoms with Gasteiger partial charge in [-0.25, -0.2) is 4.39 Å². The Balaban J connectivity index is 2.54. The highest BCUT2D eigenvalue weighted by atomic mass is 19.1. The molecule has 2 rings (SSSR count). The smallest absolute Gasteiger partial charge is 0.123 e. The first-order valence-electron chi connectivity index (χ1n) is 6.49. The van der Waals surface area contributed by atoms with E-state index >= 15 is 0 Å². The van der Waals surface area contributed by atoms with Crippen molar-refractivity contribution in [3.63, 3.8) is 0 Å². The fourth-order valence-electron chi connectivity index (χ4n) is 2.32. The fraction of sp³-hybridized carbons (Fsp3) is 0.467. The summed E-state index contributed by atoms with van der Waals surface area (Å²) in [4.78, 5) is 0. The summed E-state index contributed by atoms with van der Waals surface area (Å²) >= 11 is 0. The van der Waals surface area contributed by atoms with E-state index in [0.717, 1.165) is 17.3 Å². The number of benzene rings is 1. The summed E-state index contributed by atoms with van der Waals surface area (Å²) in [5, 5.41) is 4.26. The van der Waals surface area contributed by atoms with Crippen molar-refractivity contribution in [1.29, 1.82) is 0 Å². The van der Waals surface area contributed by atoms with Crippen LogP contribution < -0.4 is 5.32 Å². The van der Waals surface area contributed by atoms with Crippen LogP contribution in [0.1, 0.15) is 32.4 Å². The minimum absolute atomic E-state index is 0.164. The van der Waals surface area contributed by atoms with Crippen LogP contribution in [0.25, 0.3) is 10.9 Å². The van der Waals surface area contributed by atoms with Gasteiger partial charge in [0.25, 0.3) is 0 Å². The number of nitrogens with one attached hydrogen (secondary N) is 1. The zero-order valence-electron chi connectivity index (χ0n) is 11.5. The number of hydrogen-bond donors (Lipinski definition) is 1. The molecule has 0 spiro atoms. The average molecular weight is 248 g/mol. The van der Waals surface area contributed by atoms with Crippen molar-refractivity contribution >= 4 is 10.9 Å². The fourth-order valence-corrected chi connectivity index (χ4v) is 2.32. The van der Waals surface area contributed by atoms with Crippen molar-refractivity contribution in [2.45, 2.75) is 39.3 Å². The number of likely N-dealkylation sites (N-methyl/N-ethyl adjacent to an activating group) is 1. The number of halogens is 1. The average Bonchev–Trinajstić information content (AvgIpc) is 2.67. The number of aromatic nitrogens is 1. The number of rotatable bonds is 4. The van der Waals surface area contributed by atoms with Gasteiger partial charge in [-0.05, 0) is 58.0 Å². The molecule has 0 saturated heterocycles. The molecule has 98 valence electrons. The first-order chi connectivity index (χ1) is 8.52. The lowest BCUT2D eigenvalue weighted by molar-refractivity contribution is 0.598. The lowest BCUT2D eigenvalue weighted by atomic mass is 10.1. The van der Waals surface area contributed by atoms with E-state index in [4.69, 9.17) is 0 Å². The van der Waals surface area contributed by atoms with Crippen LogP contribution in [0.2, 0.25) is 0 Å². The van der Waals surface area contributed by atoms with Crippen LogP contribution >= 0.6 is 0 Å². The maximum Gasteiger partial charge on any atom is 0.123 e. The predicted molar refractivity (Wildman–Crippen MR) is 74.5 cm³/mol. The Bertz CT molecular complexity index is 543. The number of hydrogen-bond acceptors (Lipinski definition) is 1. The summed E-state index contributed by atoms with van der Waals surface area (Å²) in [6.45, 7) is 6.43. The van der Waals surface area contributed by atoms with Gasteiger partial charge in [0, 0.05) is 29.2 Å². The van der Waals surface area contributed by atoms with Gasteiger partial charge in [-0.2, -0.15) is 0 Å². The Morgan fingerprint density at radius 2 is 2.00 bits per heavy atom. The first-order valence-corrected chi connectivity index (χ1v) is 6.49. The molecule has 0 saturated carbocycles. The molecule has 1 aromatic carbocycles. The van der Waals surface area contributed by atoms with Crippen molar-refractivity contribution in [3.8, 4) is 0 Å². The highest BCUT2D eigenvalue weighted by Gasteiger charge is 2.13. The van der Waals surface area contributed by atoms with Gasteiger partial charge in [0.15, 0.2) is 0 Å². The number of nitrogens with zero attached hydrogens (tertiary/aromatic N) is 1. The molecule has 0 radical (unpaired) electrons. The Morgan fingerprint density at radius 1 is 1.28 bits per heavy atom. The summed E-state index contributed by atoms with van der Waals surface area (Å²) in [7, 11) is 1.95. The van der Waals surface area contributed by atoms with Crippen LogP contribution in [0.3, 0.4) is 0 Å². The molecular formula is C15H21FN2. The van der Waals surface area contributed by atoms with Crippen LogP contribution in [0.5, 0.6) is 0 Å². The van der Waals surface area contributed by atoms with Crippen molar-refractivity contribution < 1.29 is 4.39 Å². The van der Waals surface area contributed by atoms with Crippen LogP contribution in [-0.4, -0.2) is 17.7 Å². The Morgan fingerprint density at radius 3 is 2.61 bits per heavy atom. The highest BCUT2D eigenvalue weighted by molar-refractivity contribution is 5.84. The van der Waals surface area contributed by atoms with E-state index in [9.17, 15) is 4.39 Å². The van der Waals surface area contributed by atoms with Crippen molar-refractivity contribution in [2.75, 3.05) is 7.05 Å². The van der Waals surface area contributed by atoms with Gasteiger partial charge < -0.3 is 9.88 Å². The summed E-state index contributed by atoms with van der Waals surface area (Å²) in [5.41, 5.74) is 2.32. The Kier molecular flexibility index (Phi) is 3.71. The summed E-state index contributed by atoms with van der Waals surface area (Å²) in [6.07, 6.45) is 3.07. The topological polar surface area (TPSA) is 17.0 Å². The van der Waals surface area contributed by atoms with Gasteiger partial charge in [-0.1, -0.05) is 0 Å². The third-order valence-electron chi connectivity index (χ3n) is 3.45. The van der Waals surface area contributed by atoms with Crippen molar-refractivity contribution in [1.82, 2.24) is 9.88 Å². The Hall–Kier alpha value is -1.35. The van der Waals surface area contributed by atoms with Crippen LogP contribution in [0, 0.1) is 5.82 Å². The minimum atomic E-state index is -0.164. The third-order valence-corrected chi connectivity index (χ3v) is 3.45. The first kappa shape index (κ1) is 13.1. The zero-order chi connectivity index (χ0) is 13.3. The van der Waals surface area contributed by atoms with Gasteiger partial charge in [-0.15, -0.1) is 0 Å². The molecule has 0 amide bonds. The van der Waals surface area contributed by atoms with E-state index in [1.54, 1.807) is 6.07 Å². The molecule has 0 bridgehead atoms. The summed E-state index contributed by atoms with van der Waals surface area (Å²) in [5.74, 6) is -0.164. The van der Waals surface area contributed by atoms with Crippen LogP contribution in [0.4, 0.5) is 4.39 Å². The maximum atomic E-state index is 13.4. The quantitative estimate of drug-likeness (QED) is 0.876. The maximum absolute atomic E-state index is 13.4. The lowest BCUT2D eigenvalue weighted by Crippen LogP contribution is -2.23. The molecule has 0 fully saturated rings. The van der Waals surface area contributed by atoms with Crippen LogP contribution in [-0.2, 0) is 6.42 Å². The molecule has 1 aromatic heterocycles. The van der Waals surface area contributed by atoms with Crippen molar-refractivity contribution in [2.24, 2.45) is 0 Å². The second kappa shape index (κ2) is 5.11. The normalized spacial score (nSPS) is 13.4. The molecule has 1 atom stereocenters. The van der Waals surface area contributed by atoms with Gasteiger partial charge in [0.05, 0.1) is 0 Å². The molecule has 1 N–H and O–H groups in total. The second-order valence-electron chi connectivity index (χ2n) is 5.21. The van der Waals surface area contributed by atoms with Crippen molar-refractivity contribution in [3.05, 3.63) is 35.8 Å². The number of fused-ring (bicyclic) bond motifs is 1. The minimum Gasteiger partial charge on any atom is -0.345 e. The highest BCUT2D eigenvalue weighted by Crippen LogP contribution is 2.26. The molecule has 1 heterocycles. The summed E-state index contributed by atoms with van der Waals surface area (Å²) in [6, 6.07) is 5.83. The van der Waals surface area contributed by atoms with E-state index in [1.807, 2.05) is 13.1 Å². The van der Waals surface area contributed by atoms with E-state index in [1.165, 1.54) is 11.6 Å². The Labute approximate surface area is 108 Å². The molecular weight excluding hydrogens is 227 g/mol. The molecule has 0 aliphatic rings.